The van der Waals surface area contributed by atoms with E-state index in [0.29, 0.717) is 11.7 Å². The average molecular weight is 322 g/mol. The van der Waals surface area contributed by atoms with E-state index in [1.54, 1.807) is 11.8 Å². The van der Waals surface area contributed by atoms with Crippen LogP contribution in [0.3, 0.4) is 0 Å². The van der Waals surface area contributed by atoms with E-state index in [-0.39, 0.29) is 5.91 Å². The van der Waals surface area contributed by atoms with Crippen LogP contribution in [0.5, 0.6) is 0 Å². The summed E-state index contributed by atoms with van der Waals surface area (Å²) in [4.78, 5) is 15.5. The summed E-state index contributed by atoms with van der Waals surface area (Å²) < 4.78 is 5.35. The number of benzene rings is 1. The Morgan fingerprint density at radius 3 is 2.68 bits per heavy atom. The molecule has 1 heterocycles. The lowest BCUT2D eigenvalue weighted by molar-refractivity contribution is -0.118. The quantitative estimate of drug-likeness (QED) is 0.781. The Bertz CT molecular complexity index is 458. The Hall–Kier alpha value is -1.04. The van der Waals surface area contributed by atoms with Crippen molar-refractivity contribution < 1.29 is 9.53 Å². The molecule has 1 N–H and O–H groups in total. The fourth-order valence-electron chi connectivity index (χ4n) is 2.41. The van der Waals surface area contributed by atoms with Crippen LogP contribution in [0.15, 0.2) is 29.2 Å². The second-order valence-corrected chi connectivity index (χ2v) is 6.97. The Morgan fingerprint density at radius 2 is 2.00 bits per heavy atom. The summed E-state index contributed by atoms with van der Waals surface area (Å²) in [6.07, 6.45) is 0. The number of thioether (sulfide) groups is 1. The first kappa shape index (κ1) is 17.3. The van der Waals surface area contributed by atoms with Gasteiger partial charge in [-0.1, -0.05) is 24.6 Å². The van der Waals surface area contributed by atoms with Gasteiger partial charge >= 0.3 is 0 Å². The van der Waals surface area contributed by atoms with Crippen LogP contribution in [0.2, 0.25) is 0 Å². The van der Waals surface area contributed by atoms with Gasteiger partial charge in [-0.2, -0.15) is 0 Å². The zero-order valence-electron chi connectivity index (χ0n) is 13.5. The molecule has 122 valence electrons. The fraction of sp³-hybridized carbons (Fsp3) is 0.588. The molecule has 1 amide bonds. The van der Waals surface area contributed by atoms with Crippen molar-refractivity contribution in [1.82, 2.24) is 10.2 Å². The highest BCUT2D eigenvalue weighted by Crippen LogP contribution is 2.17. The number of ether oxygens (including phenoxy) is 1. The van der Waals surface area contributed by atoms with Gasteiger partial charge in [0.1, 0.15) is 0 Å². The lowest BCUT2D eigenvalue weighted by atomic mass is 10.1. The largest absolute Gasteiger partial charge is 0.379 e. The minimum Gasteiger partial charge on any atom is -0.379 e. The normalized spacial score (nSPS) is 17.2. The van der Waals surface area contributed by atoms with Gasteiger partial charge in [-0.3, -0.25) is 9.69 Å². The van der Waals surface area contributed by atoms with Crippen molar-refractivity contribution in [3.05, 3.63) is 29.8 Å². The summed E-state index contributed by atoms with van der Waals surface area (Å²) >= 11 is 1.59. The number of hydrogen-bond donors (Lipinski definition) is 1. The van der Waals surface area contributed by atoms with Crippen LogP contribution < -0.4 is 5.32 Å². The van der Waals surface area contributed by atoms with Crippen LogP contribution in [0, 0.1) is 12.8 Å². The molecule has 5 heteroatoms. The van der Waals surface area contributed by atoms with E-state index >= 15 is 0 Å². The van der Waals surface area contributed by atoms with Crippen LogP contribution in [0.1, 0.15) is 12.5 Å². The lowest BCUT2D eigenvalue weighted by Gasteiger charge is -2.29. The summed E-state index contributed by atoms with van der Waals surface area (Å²) in [6.45, 7) is 9.67. The van der Waals surface area contributed by atoms with Crippen LogP contribution in [-0.4, -0.2) is 56.0 Å². The van der Waals surface area contributed by atoms with Crippen LogP contribution in [0.25, 0.3) is 0 Å². The predicted molar refractivity (Wildman–Crippen MR) is 91.3 cm³/mol. The average Bonchev–Trinajstić information content (AvgIpc) is 2.53. The summed E-state index contributed by atoms with van der Waals surface area (Å²) in [7, 11) is 0. The van der Waals surface area contributed by atoms with Crippen molar-refractivity contribution in [2.24, 2.45) is 5.92 Å². The first-order chi connectivity index (χ1) is 10.6. The van der Waals surface area contributed by atoms with Gasteiger partial charge in [0.05, 0.1) is 19.0 Å². The summed E-state index contributed by atoms with van der Waals surface area (Å²) in [5.74, 6) is 1.05. The standard InChI is InChI=1S/C17H26N2O2S/c1-14-3-5-16(6-4-14)22-13-17(20)18-11-15(2)12-19-7-9-21-10-8-19/h3-6,15H,7-13H2,1-2H3,(H,18,20). The zero-order chi connectivity index (χ0) is 15.8. The molecule has 0 spiro atoms. The Labute approximate surface area is 137 Å². The lowest BCUT2D eigenvalue weighted by Crippen LogP contribution is -2.41. The van der Waals surface area contributed by atoms with Gasteiger partial charge in [-0.15, -0.1) is 11.8 Å². The highest BCUT2D eigenvalue weighted by molar-refractivity contribution is 8.00. The van der Waals surface area contributed by atoms with Gasteiger partial charge in [-0.05, 0) is 25.0 Å². The van der Waals surface area contributed by atoms with Crippen molar-refractivity contribution in [3.63, 3.8) is 0 Å². The topological polar surface area (TPSA) is 41.6 Å². The van der Waals surface area contributed by atoms with Crippen LogP contribution in [-0.2, 0) is 9.53 Å². The summed E-state index contributed by atoms with van der Waals surface area (Å²) in [5, 5.41) is 3.04. The van der Waals surface area contributed by atoms with Gasteiger partial charge in [-0.25, -0.2) is 0 Å². The molecule has 1 unspecified atom stereocenters. The fourth-order valence-corrected chi connectivity index (χ4v) is 3.14. The maximum absolute atomic E-state index is 11.9. The number of carbonyl (C=O) groups is 1. The monoisotopic (exact) mass is 322 g/mol. The molecular weight excluding hydrogens is 296 g/mol. The molecule has 0 aliphatic carbocycles. The van der Waals surface area contributed by atoms with Gasteiger partial charge in [0, 0.05) is 31.1 Å². The third kappa shape index (κ3) is 6.38. The van der Waals surface area contributed by atoms with E-state index in [9.17, 15) is 4.79 Å². The number of hydrogen-bond acceptors (Lipinski definition) is 4. The van der Waals surface area contributed by atoms with Crippen molar-refractivity contribution >= 4 is 17.7 Å². The number of nitrogens with zero attached hydrogens (tertiary/aromatic N) is 1. The van der Waals surface area contributed by atoms with Crippen molar-refractivity contribution in [2.45, 2.75) is 18.7 Å². The predicted octanol–water partition coefficient (Wildman–Crippen LogP) is 2.17. The number of amides is 1. The second-order valence-electron chi connectivity index (χ2n) is 5.92. The van der Waals surface area contributed by atoms with Crippen molar-refractivity contribution in [2.75, 3.05) is 45.1 Å². The van der Waals surface area contributed by atoms with E-state index in [0.717, 1.165) is 44.3 Å². The highest BCUT2D eigenvalue weighted by atomic mass is 32.2. The van der Waals surface area contributed by atoms with E-state index < -0.39 is 0 Å². The number of aryl methyl sites for hydroxylation is 1. The maximum Gasteiger partial charge on any atom is 0.230 e. The molecule has 0 aromatic heterocycles. The molecule has 1 aliphatic heterocycles. The molecule has 1 aromatic rings. The Balaban J connectivity index is 1.61. The van der Waals surface area contributed by atoms with E-state index in [4.69, 9.17) is 4.74 Å². The first-order valence-electron chi connectivity index (χ1n) is 7.90. The second kappa shape index (κ2) is 9.18. The van der Waals surface area contributed by atoms with E-state index in [1.165, 1.54) is 5.56 Å². The molecule has 22 heavy (non-hydrogen) atoms. The summed E-state index contributed by atoms with van der Waals surface area (Å²) in [6, 6.07) is 8.28. The SMILES string of the molecule is Cc1ccc(SCC(=O)NCC(C)CN2CCOCC2)cc1. The molecule has 4 nitrogen and oxygen atoms in total. The number of morpholine rings is 1. The molecule has 0 radical (unpaired) electrons. The van der Waals surface area contributed by atoms with E-state index in [2.05, 4.69) is 48.3 Å². The number of carbonyl (C=O) groups excluding carboxylic acids is 1. The molecule has 1 aliphatic rings. The molecule has 1 aromatic carbocycles. The first-order valence-corrected chi connectivity index (χ1v) is 8.88. The smallest absolute Gasteiger partial charge is 0.230 e. The Morgan fingerprint density at radius 1 is 1.32 bits per heavy atom. The third-order valence-electron chi connectivity index (χ3n) is 3.71. The van der Waals surface area contributed by atoms with Gasteiger partial charge < -0.3 is 10.1 Å². The van der Waals surface area contributed by atoms with Gasteiger partial charge in [0.25, 0.3) is 0 Å². The van der Waals surface area contributed by atoms with Gasteiger partial charge in [0.15, 0.2) is 0 Å². The third-order valence-corrected chi connectivity index (χ3v) is 4.72. The summed E-state index contributed by atoms with van der Waals surface area (Å²) in [5.41, 5.74) is 1.24. The zero-order valence-corrected chi connectivity index (χ0v) is 14.3. The molecule has 0 saturated carbocycles. The highest BCUT2D eigenvalue weighted by Gasteiger charge is 2.14. The molecule has 1 saturated heterocycles. The van der Waals surface area contributed by atoms with Crippen LogP contribution in [0.4, 0.5) is 0 Å². The molecular formula is C17H26N2O2S. The number of rotatable bonds is 7. The molecule has 2 rings (SSSR count). The molecule has 0 bridgehead atoms. The molecule has 1 fully saturated rings. The van der Waals surface area contributed by atoms with Crippen LogP contribution >= 0.6 is 11.8 Å². The minimum atomic E-state index is 0.111. The Kier molecular flexibility index (Phi) is 7.22. The van der Waals surface area contributed by atoms with Crippen molar-refractivity contribution in [3.8, 4) is 0 Å². The molecule has 1 atom stereocenters. The van der Waals surface area contributed by atoms with Crippen molar-refractivity contribution in [1.29, 1.82) is 0 Å². The minimum absolute atomic E-state index is 0.111. The maximum atomic E-state index is 11.9. The van der Waals surface area contributed by atoms with E-state index in [1.807, 2.05) is 0 Å². The number of nitrogens with one attached hydrogen (secondary N) is 1. The van der Waals surface area contributed by atoms with Gasteiger partial charge in [0.2, 0.25) is 5.91 Å².